The number of carbonyl (C=O) groups is 4. The lowest BCUT2D eigenvalue weighted by atomic mass is 9.83. The molecule has 2 aromatic rings. The van der Waals surface area contributed by atoms with Crippen LogP contribution in [0.1, 0.15) is 24.0 Å². The Bertz CT molecular complexity index is 957. The number of urea groups is 1. The van der Waals surface area contributed by atoms with Crippen LogP contribution in [0.5, 0.6) is 0 Å². The molecule has 1 saturated heterocycles. The SMILES string of the molecule is O=C(CCC(=O)OCN1C(=O)NC(c2ccccc2)(c2ccccc2)C1=O)OCC(O)CO. The molecule has 1 heterocycles. The van der Waals surface area contributed by atoms with E-state index in [-0.39, 0.29) is 12.8 Å². The van der Waals surface area contributed by atoms with Gasteiger partial charge in [0.1, 0.15) is 12.7 Å². The lowest BCUT2D eigenvalue weighted by molar-refractivity contribution is -0.155. The third-order valence-corrected chi connectivity index (χ3v) is 5.05. The van der Waals surface area contributed by atoms with E-state index in [0.29, 0.717) is 11.1 Å². The van der Waals surface area contributed by atoms with Gasteiger partial charge >= 0.3 is 18.0 Å². The highest BCUT2D eigenvalue weighted by Gasteiger charge is 2.54. The first-order valence-corrected chi connectivity index (χ1v) is 10.2. The highest BCUT2D eigenvalue weighted by atomic mass is 16.6. The molecule has 10 nitrogen and oxygen atoms in total. The Morgan fingerprint density at radius 3 is 1.94 bits per heavy atom. The van der Waals surface area contributed by atoms with Gasteiger partial charge in [-0.25, -0.2) is 9.69 Å². The molecule has 1 aliphatic heterocycles. The molecule has 10 heteroatoms. The van der Waals surface area contributed by atoms with Crippen LogP contribution in [0.25, 0.3) is 0 Å². The van der Waals surface area contributed by atoms with E-state index < -0.39 is 55.5 Å². The van der Waals surface area contributed by atoms with Gasteiger partial charge in [0.15, 0.2) is 12.3 Å². The molecular formula is C23H24N2O8. The van der Waals surface area contributed by atoms with Gasteiger partial charge in [-0.1, -0.05) is 60.7 Å². The first-order valence-electron chi connectivity index (χ1n) is 10.2. The Morgan fingerprint density at radius 1 is 0.909 bits per heavy atom. The predicted molar refractivity (Wildman–Crippen MR) is 113 cm³/mol. The van der Waals surface area contributed by atoms with Gasteiger partial charge in [-0.05, 0) is 11.1 Å². The van der Waals surface area contributed by atoms with Crippen LogP contribution in [-0.4, -0.2) is 65.0 Å². The minimum atomic E-state index is -1.47. The summed E-state index contributed by atoms with van der Waals surface area (Å²) in [7, 11) is 0. The van der Waals surface area contributed by atoms with E-state index in [1.54, 1.807) is 60.7 Å². The monoisotopic (exact) mass is 456 g/mol. The number of nitrogens with one attached hydrogen (secondary N) is 1. The highest BCUT2D eigenvalue weighted by molar-refractivity contribution is 6.09. The van der Waals surface area contributed by atoms with Crippen LogP contribution >= 0.6 is 0 Å². The fourth-order valence-electron chi connectivity index (χ4n) is 3.35. The summed E-state index contributed by atoms with van der Waals surface area (Å²) in [5.74, 6) is -2.18. The number of amides is 3. The van der Waals surface area contributed by atoms with Gasteiger partial charge in [-0.3, -0.25) is 14.4 Å². The van der Waals surface area contributed by atoms with Crippen molar-refractivity contribution in [2.75, 3.05) is 19.9 Å². The minimum Gasteiger partial charge on any atom is -0.463 e. The Labute approximate surface area is 189 Å². The number of aliphatic hydroxyl groups is 2. The van der Waals surface area contributed by atoms with Gasteiger partial charge in [-0.15, -0.1) is 0 Å². The molecule has 3 rings (SSSR count). The number of esters is 2. The average molecular weight is 456 g/mol. The molecule has 2 aromatic carbocycles. The summed E-state index contributed by atoms with van der Waals surface area (Å²) in [6, 6.07) is 16.7. The summed E-state index contributed by atoms with van der Waals surface area (Å²) in [5, 5.41) is 20.6. The standard InChI is InChI=1S/C23H24N2O8/c26-13-18(27)14-32-19(28)11-12-20(29)33-15-25-21(30)23(24-22(25)31,16-7-3-1-4-8-16)17-9-5-2-6-10-17/h1-10,18,26-27H,11-15H2,(H,24,31). The smallest absolute Gasteiger partial charge is 0.328 e. The summed E-state index contributed by atoms with van der Waals surface area (Å²) in [5.41, 5.74) is -0.365. The molecular weight excluding hydrogens is 432 g/mol. The number of carbonyl (C=O) groups excluding carboxylic acids is 4. The zero-order chi connectivity index (χ0) is 23.8. The van der Waals surface area contributed by atoms with E-state index in [1.807, 2.05) is 0 Å². The molecule has 0 saturated carbocycles. The molecule has 33 heavy (non-hydrogen) atoms. The van der Waals surface area contributed by atoms with Gasteiger partial charge < -0.3 is 25.0 Å². The van der Waals surface area contributed by atoms with Crippen LogP contribution in [0.15, 0.2) is 60.7 Å². The number of imide groups is 1. The van der Waals surface area contributed by atoms with Crippen molar-refractivity contribution in [1.29, 1.82) is 0 Å². The van der Waals surface area contributed by atoms with E-state index in [2.05, 4.69) is 5.32 Å². The summed E-state index contributed by atoms with van der Waals surface area (Å²) < 4.78 is 9.73. The molecule has 0 bridgehead atoms. The van der Waals surface area contributed by atoms with Gasteiger partial charge in [0, 0.05) is 0 Å². The molecule has 1 unspecified atom stereocenters. The van der Waals surface area contributed by atoms with Gasteiger partial charge in [0.05, 0.1) is 19.4 Å². The lowest BCUT2D eigenvalue weighted by Gasteiger charge is -2.27. The normalized spacial score (nSPS) is 15.6. The molecule has 1 atom stereocenters. The predicted octanol–water partition coefficient (Wildman–Crippen LogP) is 0.659. The van der Waals surface area contributed by atoms with E-state index in [0.717, 1.165) is 4.90 Å². The molecule has 0 spiro atoms. The molecule has 174 valence electrons. The van der Waals surface area contributed by atoms with Crippen LogP contribution < -0.4 is 5.32 Å². The van der Waals surface area contributed by atoms with Gasteiger partial charge in [-0.2, -0.15) is 0 Å². The number of ether oxygens (including phenoxy) is 2. The Balaban J connectivity index is 1.65. The fraction of sp³-hybridized carbons (Fsp3) is 0.304. The van der Waals surface area contributed by atoms with Crippen molar-refractivity contribution < 1.29 is 38.9 Å². The number of nitrogens with zero attached hydrogens (tertiary/aromatic N) is 1. The quantitative estimate of drug-likeness (QED) is 0.350. The first-order chi connectivity index (χ1) is 15.9. The minimum absolute atomic E-state index is 0.324. The van der Waals surface area contributed by atoms with Crippen LogP contribution in [0.3, 0.4) is 0 Å². The third kappa shape index (κ3) is 5.36. The van der Waals surface area contributed by atoms with Crippen molar-refractivity contribution in [3.05, 3.63) is 71.8 Å². The molecule has 3 amide bonds. The Morgan fingerprint density at radius 2 is 1.42 bits per heavy atom. The van der Waals surface area contributed by atoms with E-state index in [1.165, 1.54) is 0 Å². The van der Waals surface area contributed by atoms with Crippen LogP contribution in [-0.2, 0) is 29.4 Å². The maximum absolute atomic E-state index is 13.4. The van der Waals surface area contributed by atoms with Crippen molar-refractivity contribution >= 4 is 23.9 Å². The Kier molecular flexibility index (Phi) is 7.75. The van der Waals surface area contributed by atoms with Crippen LogP contribution in [0.4, 0.5) is 4.79 Å². The summed E-state index contributed by atoms with van der Waals surface area (Å²) in [6.07, 6.45) is -1.87. The maximum Gasteiger partial charge on any atom is 0.328 e. The number of benzene rings is 2. The second-order valence-electron chi connectivity index (χ2n) is 7.31. The Hall–Kier alpha value is -3.76. The average Bonchev–Trinajstić information content (AvgIpc) is 3.11. The highest BCUT2D eigenvalue weighted by Crippen LogP contribution is 2.35. The molecule has 0 aliphatic carbocycles. The van der Waals surface area contributed by atoms with Crippen LogP contribution in [0, 0.1) is 0 Å². The fourth-order valence-corrected chi connectivity index (χ4v) is 3.35. The second kappa shape index (κ2) is 10.7. The van der Waals surface area contributed by atoms with Crippen molar-refractivity contribution in [2.24, 2.45) is 0 Å². The topological polar surface area (TPSA) is 142 Å². The number of hydrogen-bond donors (Lipinski definition) is 3. The third-order valence-electron chi connectivity index (χ3n) is 5.05. The molecule has 3 N–H and O–H groups in total. The van der Waals surface area contributed by atoms with E-state index in [9.17, 15) is 19.2 Å². The van der Waals surface area contributed by atoms with E-state index >= 15 is 0 Å². The largest absolute Gasteiger partial charge is 0.463 e. The van der Waals surface area contributed by atoms with Crippen molar-refractivity contribution in [2.45, 2.75) is 24.5 Å². The summed E-state index contributed by atoms with van der Waals surface area (Å²) in [6.45, 7) is -1.58. The summed E-state index contributed by atoms with van der Waals surface area (Å²) >= 11 is 0. The number of aliphatic hydroxyl groups excluding tert-OH is 2. The van der Waals surface area contributed by atoms with Gasteiger partial charge in [0.25, 0.3) is 5.91 Å². The summed E-state index contributed by atoms with van der Waals surface area (Å²) in [4.78, 5) is 50.5. The second-order valence-corrected chi connectivity index (χ2v) is 7.31. The molecule has 1 fully saturated rings. The molecule has 0 aromatic heterocycles. The zero-order valence-electron chi connectivity index (χ0n) is 17.7. The molecule has 0 radical (unpaired) electrons. The van der Waals surface area contributed by atoms with Crippen molar-refractivity contribution in [3.8, 4) is 0 Å². The van der Waals surface area contributed by atoms with Gasteiger partial charge in [0.2, 0.25) is 0 Å². The van der Waals surface area contributed by atoms with Crippen molar-refractivity contribution in [3.63, 3.8) is 0 Å². The molecule has 1 aliphatic rings. The van der Waals surface area contributed by atoms with Crippen LogP contribution in [0.2, 0.25) is 0 Å². The van der Waals surface area contributed by atoms with Crippen molar-refractivity contribution in [1.82, 2.24) is 10.2 Å². The first kappa shape index (κ1) is 23.9. The lowest BCUT2D eigenvalue weighted by Crippen LogP contribution is -2.45. The maximum atomic E-state index is 13.4. The van der Waals surface area contributed by atoms with E-state index in [4.69, 9.17) is 19.7 Å². The number of hydrogen-bond acceptors (Lipinski definition) is 8. The zero-order valence-corrected chi connectivity index (χ0v) is 17.7. The number of rotatable bonds is 10.